The summed E-state index contributed by atoms with van der Waals surface area (Å²) in [6.07, 6.45) is 2.06. The Morgan fingerprint density at radius 3 is 2.26 bits per heavy atom. The third-order valence-corrected chi connectivity index (χ3v) is 6.80. The van der Waals surface area contributed by atoms with Crippen LogP contribution in [-0.4, -0.2) is 43.0 Å². The predicted molar refractivity (Wildman–Crippen MR) is 146 cm³/mol. The lowest BCUT2D eigenvalue weighted by Crippen LogP contribution is -2.46. The second kappa shape index (κ2) is 11.3. The minimum absolute atomic E-state index is 0.174. The van der Waals surface area contributed by atoms with Crippen molar-refractivity contribution in [2.45, 2.75) is 45.8 Å². The van der Waals surface area contributed by atoms with Crippen LogP contribution in [0.5, 0.6) is 5.75 Å². The van der Waals surface area contributed by atoms with Crippen molar-refractivity contribution in [3.8, 4) is 17.0 Å². The highest BCUT2D eigenvalue weighted by Crippen LogP contribution is 2.26. The van der Waals surface area contributed by atoms with Crippen molar-refractivity contribution >= 4 is 11.9 Å². The Balaban J connectivity index is 1.63. The average Bonchev–Trinajstić information content (AvgIpc) is 3.40. The van der Waals surface area contributed by atoms with Crippen LogP contribution in [0.1, 0.15) is 51.4 Å². The van der Waals surface area contributed by atoms with Crippen LogP contribution in [0.2, 0.25) is 0 Å². The molecule has 5 N–H and O–H groups in total. The lowest BCUT2D eigenvalue weighted by molar-refractivity contribution is -0.135. The fourth-order valence-corrected chi connectivity index (χ4v) is 4.63. The first-order valence-electron chi connectivity index (χ1n) is 12.4. The van der Waals surface area contributed by atoms with Crippen LogP contribution < -0.4 is 5.73 Å². The van der Waals surface area contributed by atoms with Gasteiger partial charge in [0.05, 0.1) is 29.5 Å². The Morgan fingerprint density at radius 2 is 1.66 bits per heavy atom. The number of carbonyl (C=O) groups excluding carboxylic acids is 1. The van der Waals surface area contributed by atoms with Gasteiger partial charge in [-0.25, -0.2) is 9.78 Å². The van der Waals surface area contributed by atoms with Crippen LogP contribution in [0.4, 0.5) is 0 Å². The highest BCUT2D eigenvalue weighted by atomic mass is 16.4. The number of rotatable bonds is 9. The van der Waals surface area contributed by atoms with Gasteiger partial charge in [-0.3, -0.25) is 4.79 Å². The summed E-state index contributed by atoms with van der Waals surface area (Å²) in [6, 6.07) is 18.3. The number of amides is 1. The number of nitrogens with two attached hydrogens (primary N) is 1. The number of carboxylic acid groups (broad SMARTS) is 1. The van der Waals surface area contributed by atoms with Gasteiger partial charge < -0.3 is 25.8 Å². The summed E-state index contributed by atoms with van der Waals surface area (Å²) >= 11 is 0. The van der Waals surface area contributed by atoms with Gasteiger partial charge in [-0.15, -0.1) is 0 Å². The molecule has 3 aromatic carbocycles. The first kappa shape index (κ1) is 26.6. The lowest BCUT2D eigenvalue weighted by Gasteiger charge is -2.31. The predicted octanol–water partition coefficient (Wildman–Crippen LogP) is 4.76. The topological polar surface area (TPSA) is 133 Å². The van der Waals surface area contributed by atoms with Gasteiger partial charge in [-0.2, -0.15) is 0 Å². The number of hydrogen-bond acceptors (Lipinski definition) is 5. The molecule has 1 amide bonds. The highest BCUT2D eigenvalue weighted by Gasteiger charge is 2.29. The van der Waals surface area contributed by atoms with E-state index in [1.807, 2.05) is 51.1 Å². The largest absolute Gasteiger partial charge is 0.508 e. The Morgan fingerprint density at radius 1 is 1.03 bits per heavy atom. The average molecular weight is 513 g/mol. The molecule has 0 saturated carbocycles. The summed E-state index contributed by atoms with van der Waals surface area (Å²) in [5.41, 5.74) is 11.9. The van der Waals surface area contributed by atoms with E-state index < -0.39 is 18.1 Å². The van der Waals surface area contributed by atoms with Gasteiger partial charge in [-0.05, 0) is 79.3 Å². The third kappa shape index (κ3) is 5.92. The lowest BCUT2D eigenvalue weighted by atomic mass is 9.95. The SMILES string of the molecule is Cc1cc(O)cc(C)c1CC(N)C(=O)N(Cc1ccc(C(=O)O)cc1)[C@H](C)c1ncc(-c2ccccc2)[nH]1. The summed E-state index contributed by atoms with van der Waals surface area (Å²) in [7, 11) is 0. The molecule has 0 aliphatic heterocycles. The van der Waals surface area contributed by atoms with E-state index in [0.29, 0.717) is 12.2 Å². The fraction of sp³-hybridized carbons (Fsp3) is 0.233. The standard InChI is InChI=1S/C30H32N4O4/c1-18-13-24(35)14-19(2)25(18)15-26(31)29(36)34(17-21-9-11-23(12-10-21)30(37)38)20(3)28-32-16-27(33-28)22-7-5-4-6-8-22/h4-14,16,20,26,35H,15,17,31H2,1-3H3,(H,32,33)(H,37,38)/t20-,26?/m1/s1. The molecule has 4 aromatic rings. The molecule has 0 spiro atoms. The molecule has 1 heterocycles. The molecule has 38 heavy (non-hydrogen) atoms. The van der Waals surface area contributed by atoms with Crippen molar-refractivity contribution in [3.05, 3.63) is 107 Å². The van der Waals surface area contributed by atoms with E-state index in [-0.39, 0.29) is 23.8 Å². The van der Waals surface area contributed by atoms with Crippen molar-refractivity contribution in [2.24, 2.45) is 5.73 Å². The number of aromatic nitrogens is 2. The van der Waals surface area contributed by atoms with E-state index in [0.717, 1.165) is 33.5 Å². The normalized spacial score (nSPS) is 12.6. The second-order valence-corrected chi connectivity index (χ2v) is 9.56. The van der Waals surface area contributed by atoms with Crippen molar-refractivity contribution in [2.75, 3.05) is 0 Å². The van der Waals surface area contributed by atoms with Crippen LogP contribution in [0, 0.1) is 13.8 Å². The molecule has 4 rings (SSSR count). The molecule has 1 aromatic heterocycles. The highest BCUT2D eigenvalue weighted by molar-refractivity contribution is 5.87. The Kier molecular flexibility index (Phi) is 7.93. The number of H-pyrrole nitrogens is 1. The Labute approximate surface area is 221 Å². The van der Waals surface area contributed by atoms with E-state index in [2.05, 4.69) is 9.97 Å². The number of nitrogens with one attached hydrogen (secondary N) is 1. The molecule has 0 aliphatic rings. The summed E-state index contributed by atoms with van der Waals surface area (Å²) in [4.78, 5) is 34.7. The molecule has 8 heteroatoms. The van der Waals surface area contributed by atoms with Gasteiger partial charge in [0.2, 0.25) is 5.91 Å². The van der Waals surface area contributed by atoms with Gasteiger partial charge in [0, 0.05) is 6.54 Å². The summed E-state index contributed by atoms with van der Waals surface area (Å²) < 4.78 is 0. The molecule has 196 valence electrons. The van der Waals surface area contributed by atoms with Gasteiger partial charge in [0.15, 0.2) is 0 Å². The zero-order valence-electron chi connectivity index (χ0n) is 21.7. The molecule has 0 radical (unpaired) electrons. The fourth-order valence-electron chi connectivity index (χ4n) is 4.63. The van der Waals surface area contributed by atoms with Gasteiger partial charge in [-0.1, -0.05) is 42.5 Å². The first-order chi connectivity index (χ1) is 18.1. The molecule has 0 saturated heterocycles. The number of aromatic carboxylic acids is 1. The van der Waals surface area contributed by atoms with E-state index >= 15 is 0 Å². The van der Waals surface area contributed by atoms with Crippen molar-refractivity contribution in [1.82, 2.24) is 14.9 Å². The van der Waals surface area contributed by atoms with E-state index in [1.165, 1.54) is 12.1 Å². The van der Waals surface area contributed by atoms with Crippen LogP contribution >= 0.6 is 0 Å². The number of carbonyl (C=O) groups is 2. The molecular formula is C30H32N4O4. The molecule has 2 atom stereocenters. The van der Waals surface area contributed by atoms with Crippen molar-refractivity contribution in [1.29, 1.82) is 0 Å². The minimum Gasteiger partial charge on any atom is -0.508 e. The van der Waals surface area contributed by atoms with E-state index in [9.17, 15) is 19.8 Å². The zero-order valence-corrected chi connectivity index (χ0v) is 21.7. The quantitative estimate of drug-likeness (QED) is 0.256. The van der Waals surface area contributed by atoms with Gasteiger partial charge in [0.1, 0.15) is 11.6 Å². The number of carboxylic acids is 1. The number of imidazole rings is 1. The van der Waals surface area contributed by atoms with Crippen LogP contribution in [0.15, 0.2) is 72.9 Å². The van der Waals surface area contributed by atoms with Crippen LogP contribution in [-0.2, 0) is 17.8 Å². The number of hydrogen-bond donors (Lipinski definition) is 4. The molecule has 8 nitrogen and oxygen atoms in total. The monoisotopic (exact) mass is 512 g/mol. The Bertz CT molecular complexity index is 1410. The van der Waals surface area contributed by atoms with Crippen LogP contribution in [0.3, 0.4) is 0 Å². The van der Waals surface area contributed by atoms with Gasteiger partial charge >= 0.3 is 5.97 Å². The van der Waals surface area contributed by atoms with Crippen LogP contribution in [0.25, 0.3) is 11.3 Å². The molecular weight excluding hydrogens is 480 g/mol. The molecule has 0 aliphatic carbocycles. The number of nitrogens with zero attached hydrogens (tertiary/aromatic N) is 2. The van der Waals surface area contributed by atoms with E-state index in [1.54, 1.807) is 35.4 Å². The maximum atomic E-state index is 13.8. The van der Waals surface area contributed by atoms with Crippen molar-refractivity contribution in [3.63, 3.8) is 0 Å². The second-order valence-electron chi connectivity index (χ2n) is 9.56. The first-order valence-corrected chi connectivity index (χ1v) is 12.4. The number of aromatic amines is 1. The Hall–Kier alpha value is -4.43. The number of aryl methyl sites for hydroxylation is 2. The summed E-state index contributed by atoms with van der Waals surface area (Å²) in [5.74, 6) is -0.479. The number of aromatic hydroxyl groups is 1. The van der Waals surface area contributed by atoms with Gasteiger partial charge in [0.25, 0.3) is 0 Å². The molecule has 1 unspecified atom stereocenters. The zero-order chi connectivity index (χ0) is 27.4. The van der Waals surface area contributed by atoms with E-state index in [4.69, 9.17) is 5.73 Å². The maximum Gasteiger partial charge on any atom is 0.335 e. The smallest absolute Gasteiger partial charge is 0.335 e. The summed E-state index contributed by atoms with van der Waals surface area (Å²) in [6.45, 7) is 5.89. The molecule has 0 fully saturated rings. The summed E-state index contributed by atoms with van der Waals surface area (Å²) in [5, 5.41) is 19.1. The minimum atomic E-state index is -1.01. The molecule has 0 bridgehead atoms. The number of benzene rings is 3. The van der Waals surface area contributed by atoms with Crippen molar-refractivity contribution < 1.29 is 19.8 Å². The number of phenols is 1. The third-order valence-electron chi connectivity index (χ3n) is 6.80. The maximum absolute atomic E-state index is 13.8. The number of phenolic OH excluding ortho intramolecular Hbond substituents is 1.